The Hall–Kier alpha value is -2.90. The van der Waals surface area contributed by atoms with Gasteiger partial charge in [0.25, 0.3) is 5.91 Å². The molecule has 0 radical (unpaired) electrons. The van der Waals surface area contributed by atoms with Crippen LogP contribution in [0.15, 0.2) is 24.4 Å². The Balaban J connectivity index is 1.46. The summed E-state index contributed by atoms with van der Waals surface area (Å²) in [4.78, 5) is 35.3. The highest BCUT2D eigenvalue weighted by atomic mass is 16.2. The number of rotatable bonds is 3. The minimum absolute atomic E-state index is 0.0285. The molecule has 1 atom stereocenters. The minimum Gasteiger partial charge on any atom is -0.368 e. The van der Waals surface area contributed by atoms with Crippen LogP contribution >= 0.6 is 0 Å². The molecule has 2 aliphatic heterocycles. The number of anilines is 1. The summed E-state index contributed by atoms with van der Waals surface area (Å²) >= 11 is 0. The van der Waals surface area contributed by atoms with Crippen molar-refractivity contribution >= 4 is 17.5 Å². The van der Waals surface area contributed by atoms with E-state index in [-0.39, 0.29) is 17.7 Å². The summed E-state index contributed by atoms with van der Waals surface area (Å²) in [6, 6.07) is 6.04. The summed E-state index contributed by atoms with van der Waals surface area (Å²) in [6.45, 7) is 8.23. The van der Waals surface area contributed by atoms with Gasteiger partial charge in [0, 0.05) is 82.4 Å². The number of aromatic nitrogens is 3. The van der Waals surface area contributed by atoms with Crippen molar-refractivity contribution in [1.29, 1.82) is 0 Å². The molecule has 2 amide bonds. The predicted octanol–water partition coefficient (Wildman–Crippen LogP) is 1.42. The van der Waals surface area contributed by atoms with Gasteiger partial charge in [-0.3, -0.25) is 19.3 Å². The SMILES string of the molecule is CC(=O)N1CCN(c2cc(C)nc([C@H]3CCN(C(=O)c4ccnn4C)C3)c2)CC1. The van der Waals surface area contributed by atoms with Crippen molar-refractivity contribution in [2.75, 3.05) is 44.2 Å². The molecule has 8 heteroatoms. The third-order valence-corrected chi connectivity index (χ3v) is 5.98. The first-order chi connectivity index (χ1) is 13.9. The largest absolute Gasteiger partial charge is 0.368 e. The van der Waals surface area contributed by atoms with E-state index in [2.05, 4.69) is 22.1 Å². The van der Waals surface area contributed by atoms with E-state index in [1.54, 1.807) is 30.9 Å². The van der Waals surface area contributed by atoms with E-state index in [1.807, 2.05) is 16.7 Å². The molecule has 0 bridgehead atoms. The molecule has 0 N–H and O–H groups in total. The first kappa shape index (κ1) is 19.4. The summed E-state index contributed by atoms with van der Waals surface area (Å²) in [7, 11) is 1.79. The first-order valence-electron chi connectivity index (χ1n) is 10.2. The third-order valence-electron chi connectivity index (χ3n) is 5.98. The first-order valence-corrected chi connectivity index (χ1v) is 10.2. The van der Waals surface area contributed by atoms with Gasteiger partial charge in [-0.15, -0.1) is 0 Å². The van der Waals surface area contributed by atoms with Crippen LogP contribution < -0.4 is 4.90 Å². The van der Waals surface area contributed by atoms with Gasteiger partial charge in [-0.05, 0) is 31.5 Å². The second-order valence-corrected chi connectivity index (χ2v) is 7.96. The number of hydrogen-bond donors (Lipinski definition) is 0. The van der Waals surface area contributed by atoms with Gasteiger partial charge in [-0.1, -0.05) is 0 Å². The zero-order chi connectivity index (χ0) is 20.5. The molecule has 0 spiro atoms. The highest BCUT2D eigenvalue weighted by molar-refractivity contribution is 5.92. The van der Waals surface area contributed by atoms with Crippen LogP contribution in [0.25, 0.3) is 0 Å². The molecule has 4 heterocycles. The molecule has 0 aliphatic carbocycles. The monoisotopic (exact) mass is 396 g/mol. The molecular formula is C21H28N6O2. The van der Waals surface area contributed by atoms with Gasteiger partial charge in [-0.25, -0.2) is 0 Å². The second-order valence-electron chi connectivity index (χ2n) is 7.96. The average Bonchev–Trinajstić information content (AvgIpc) is 3.36. The Bertz CT molecular complexity index is 916. The van der Waals surface area contributed by atoms with Crippen LogP contribution in [-0.4, -0.2) is 75.6 Å². The van der Waals surface area contributed by atoms with Gasteiger partial charge >= 0.3 is 0 Å². The lowest BCUT2D eigenvalue weighted by Crippen LogP contribution is -2.48. The zero-order valence-corrected chi connectivity index (χ0v) is 17.3. The second kappa shape index (κ2) is 7.85. The minimum atomic E-state index is 0.0285. The van der Waals surface area contributed by atoms with Crippen LogP contribution in [0.3, 0.4) is 0 Å². The van der Waals surface area contributed by atoms with Crippen molar-refractivity contribution in [2.45, 2.75) is 26.2 Å². The Kier molecular flexibility index (Phi) is 5.25. The fourth-order valence-electron chi connectivity index (χ4n) is 4.28. The lowest BCUT2D eigenvalue weighted by molar-refractivity contribution is -0.129. The Labute approximate surface area is 171 Å². The number of hydrogen-bond acceptors (Lipinski definition) is 5. The fraction of sp³-hybridized carbons (Fsp3) is 0.524. The molecule has 2 fully saturated rings. The topological polar surface area (TPSA) is 74.6 Å². The molecule has 4 rings (SSSR count). The molecule has 29 heavy (non-hydrogen) atoms. The van der Waals surface area contributed by atoms with Gasteiger partial charge in [0.1, 0.15) is 5.69 Å². The maximum absolute atomic E-state index is 12.8. The van der Waals surface area contributed by atoms with E-state index >= 15 is 0 Å². The summed E-state index contributed by atoms with van der Waals surface area (Å²) in [5.41, 5.74) is 3.82. The lowest BCUT2D eigenvalue weighted by atomic mass is 10.0. The van der Waals surface area contributed by atoms with Crippen molar-refractivity contribution in [1.82, 2.24) is 24.6 Å². The lowest BCUT2D eigenvalue weighted by Gasteiger charge is -2.36. The molecule has 0 aromatic carbocycles. The highest BCUT2D eigenvalue weighted by Crippen LogP contribution is 2.30. The molecule has 0 unspecified atom stereocenters. The van der Waals surface area contributed by atoms with Gasteiger partial charge in [0.2, 0.25) is 5.91 Å². The standard InChI is InChI=1S/C21H28N6O2/c1-15-12-18(26-10-8-25(9-11-26)16(2)28)13-19(23-15)17-5-7-27(14-17)21(29)20-4-6-22-24(20)3/h4,6,12-13,17H,5,7-11,14H2,1-3H3/t17-/m0/s1. The van der Waals surface area contributed by atoms with E-state index in [1.165, 1.54) is 0 Å². The van der Waals surface area contributed by atoms with Crippen molar-refractivity contribution in [3.05, 3.63) is 41.5 Å². The summed E-state index contributed by atoms with van der Waals surface area (Å²) in [5.74, 6) is 0.408. The summed E-state index contributed by atoms with van der Waals surface area (Å²) in [5, 5.41) is 4.10. The molecule has 2 aromatic rings. The molecule has 2 aromatic heterocycles. The van der Waals surface area contributed by atoms with Crippen LogP contribution in [0.2, 0.25) is 0 Å². The number of carbonyl (C=O) groups excluding carboxylic acids is 2. The van der Waals surface area contributed by atoms with Gasteiger partial charge in [0.05, 0.1) is 0 Å². The molecule has 2 saturated heterocycles. The maximum atomic E-state index is 12.8. The van der Waals surface area contributed by atoms with Crippen LogP contribution in [0, 0.1) is 6.92 Å². The summed E-state index contributed by atoms with van der Waals surface area (Å²) in [6.07, 6.45) is 2.57. The quantitative estimate of drug-likeness (QED) is 0.785. The van der Waals surface area contributed by atoms with E-state index in [0.29, 0.717) is 12.2 Å². The number of piperazine rings is 1. The number of pyridine rings is 1. The van der Waals surface area contributed by atoms with Crippen molar-refractivity contribution < 1.29 is 9.59 Å². The van der Waals surface area contributed by atoms with Crippen LogP contribution in [0.5, 0.6) is 0 Å². The van der Waals surface area contributed by atoms with Gasteiger partial charge in [0.15, 0.2) is 0 Å². The maximum Gasteiger partial charge on any atom is 0.272 e. The number of carbonyl (C=O) groups is 2. The van der Waals surface area contributed by atoms with E-state index in [0.717, 1.165) is 56.2 Å². The van der Waals surface area contributed by atoms with E-state index in [4.69, 9.17) is 4.98 Å². The van der Waals surface area contributed by atoms with Crippen molar-refractivity contribution in [2.24, 2.45) is 7.05 Å². The molecule has 8 nitrogen and oxygen atoms in total. The van der Waals surface area contributed by atoms with Gasteiger partial charge in [-0.2, -0.15) is 5.10 Å². The van der Waals surface area contributed by atoms with Gasteiger partial charge < -0.3 is 14.7 Å². The number of aryl methyl sites for hydroxylation is 2. The van der Waals surface area contributed by atoms with Crippen LogP contribution in [-0.2, 0) is 11.8 Å². The Morgan fingerprint density at radius 2 is 1.83 bits per heavy atom. The number of nitrogens with zero attached hydrogens (tertiary/aromatic N) is 6. The third kappa shape index (κ3) is 3.97. The molecule has 0 saturated carbocycles. The van der Waals surface area contributed by atoms with Crippen molar-refractivity contribution in [3.63, 3.8) is 0 Å². The van der Waals surface area contributed by atoms with Crippen LogP contribution in [0.4, 0.5) is 5.69 Å². The Morgan fingerprint density at radius 3 is 2.48 bits per heavy atom. The number of likely N-dealkylation sites (tertiary alicyclic amines) is 1. The zero-order valence-electron chi connectivity index (χ0n) is 17.3. The van der Waals surface area contributed by atoms with Crippen LogP contribution in [0.1, 0.15) is 41.1 Å². The Morgan fingerprint density at radius 1 is 1.07 bits per heavy atom. The molecule has 2 aliphatic rings. The summed E-state index contributed by atoms with van der Waals surface area (Å²) < 4.78 is 1.62. The van der Waals surface area contributed by atoms with E-state index < -0.39 is 0 Å². The van der Waals surface area contributed by atoms with Crippen molar-refractivity contribution in [3.8, 4) is 0 Å². The normalized spacial score (nSPS) is 19.7. The number of amides is 2. The molecule has 154 valence electrons. The smallest absolute Gasteiger partial charge is 0.272 e. The van der Waals surface area contributed by atoms with E-state index in [9.17, 15) is 9.59 Å². The average molecular weight is 396 g/mol. The highest BCUT2D eigenvalue weighted by Gasteiger charge is 2.30. The molecular weight excluding hydrogens is 368 g/mol. The fourth-order valence-corrected chi connectivity index (χ4v) is 4.28. The predicted molar refractivity (Wildman–Crippen MR) is 110 cm³/mol.